The second-order valence-corrected chi connectivity index (χ2v) is 6.84. The molecule has 0 saturated carbocycles. The number of halogens is 1. The van der Waals surface area contributed by atoms with Gasteiger partial charge in [0.2, 0.25) is 0 Å². The molecule has 0 aliphatic rings. The first-order chi connectivity index (χ1) is 14.1. The molecule has 4 rings (SSSR count). The van der Waals surface area contributed by atoms with Gasteiger partial charge in [0.15, 0.2) is 17.6 Å². The number of ether oxygens (including phenoxy) is 1. The molecule has 2 heterocycles. The number of rotatable bonds is 6. The quantitative estimate of drug-likeness (QED) is 0.528. The van der Waals surface area contributed by atoms with Crippen molar-refractivity contribution in [3.8, 4) is 17.0 Å². The lowest BCUT2D eigenvalue weighted by molar-refractivity contribution is -0.127. The van der Waals surface area contributed by atoms with Crippen LogP contribution in [0, 0.1) is 0 Å². The number of carbonyl (C=O) groups excluding carboxylic acids is 1. The summed E-state index contributed by atoms with van der Waals surface area (Å²) in [7, 11) is 0. The molecule has 0 aliphatic carbocycles. The van der Waals surface area contributed by atoms with E-state index in [1.165, 1.54) is 0 Å². The van der Waals surface area contributed by atoms with E-state index in [0.29, 0.717) is 22.2 Å². The highest BCUT2D eigenvalue weighted by molar-refractivity contribution is 6.30. The Bertz CT molecular complexity index is 1150. The first-order valence-electron chi connectivity index (χ1n) is 9.07. The predicted molar refractivity (Wildman–Crippen MR) is 110 cm³/mol. The molecule has 1 atom stereocenters. The van der Waals surface area contributed by atoms with Crippen LogP contribution in [0.1, 0.15) is 12.7 Å². The van der Waals surface area contributed by atoms with Crippen LogP contribution in [0.4, 0.5) is 0 Å². The highest BCUT2D eigenvalue weighted by Crippen LogP contribution is 2.19. The van der Waals surface area contributed by atoms with Crippen LogP contribution in [0.5, 0.6) is 5.75 Å². The molecule has 1 amide bonds. The van der Waals surface area contributed by atoms with Crippen LogP contribution >= 0.6 is 11.6 Å². The smallest absolute Gasteiger partial charge is 0.261 e. The average molecular weight is 408 g/mol. The number of amides is 1. The maximum absolute atomic E-state index is 12.4. The molecule has 4 aromatic rings. The number of nitrogens with zero attached hydrogens (tertiary/aromatic N) is 4. The van der Waals surface area contributed by atoms with Crippen molar-refractivity contribution in [1.82, 2.24) is 25.1 Å². The third kappa shape index (κ3) is 4.35. The first kappa shape index (κ1) is 18.9. The lowest BCUT2D eigenvalue weighted by Gasteiger charge is -2.14. The Kier molecular flexibility index (Phi) is 5.39. The van der Waals surface area contributed by atoms with Crippen molar-refractivity contribution in [2.24, 2.45) is 0 Å². The van der Waals surface area contributed by atoms with Gasteiger partial charge in [-0.1, -0.05) is 48.0 Å². The number of nitrogens with one attached hydrogen (secondary N) is 1. The van der Waals surface area contributed by atoms with Crippen molar-refractivity contribution in [3.05, 3.63) is 77.6 Å². The topological polar surface area (TPSA) is 81.4 Å². The van der Waals surface area contributed by atoms with Crippen molar-refractivity contribution in [2.45, 2.75) is 19.6 Å². The van der Waals surface area contributed by atoms with E-state index >= 15 is 0 Å². The lowest BCUT2D eigenvalue weighted by Crippen LogP contribution is -2.36. The van der Waals surface area contributed by atoms with Crippen LogP contribution in [0.3, 0.4) is 0 Å². The summed E-state index contributed by atoms with van der Waals surface area (Å²) in [6, 6.07) is 20.5. The second-order valence-electron chi connectivity index (χ2n) is 6.41. The molecule has 1 N–H and O–H groups in total. The molecule has 0 bridgehead atoms. The van der Waals surface area contributed by atoms with Gasteiger partial charge < -0.3 is 10.1 Å². The first-order valence-corrected chi connectivity index (χ1v) is 9.44. The Morgan fingerprint density at radius 1 is 1.10 bits per heavy atom. The summed E-state index contributed by atoms with van der Waals surface area (Å²) in [5.41, 5.74) is 2.39. The largest absolute Gasteiger partial charge is 0.481 e. The van der Waals surface area contributed by atoms with Gasteiger partial charge in [-0.25, -0.2) is 0 Å². The Hall–Kier alpha value is -3.45. The van der Waals surface area contributed by atoms with E-state index in [4.69, 9.17) is 16.3 Å². The van der Waals surface area contributed by atoms with Crippen LogP contribution in [0.15, 0.2) is 66.7 Å². The zero-order valence-corrected chi connectivity index (χ0v) is 16.4. The Balaban J connectivity index is 1.45. The Morgan fingerprint density at radius 2 is 1.93 bits per heavy atom. The summed E-state index contributed by atoms with van der Waals surface area (Å²) in [5.74, 6) is 0.782. The van der Waals surface area contributed by atoms with Crippen LogP contribution in [-0.2, 0) is 11.3 Å². The van der Waals surface area contributed by atoms with Crippen LogP contribution in [0.25, 0.3) is 16.9 Å². The van der Waals surface area contributed by atoms with Gasteiger partial charge in [-0.15, -0.1) is 10.2 Å². The van der Waals surface area contributed by atoms with Gasteiger partial charge in [0.05, 0.1) is 12.2 Å². The number of aromatic nitrogens is 4. The average Bonchev–Trinajstić information content (AvgIpc) is 3.15. The summed E-state index contributed by atoms with van der Waals surface area (Å²) in [5, 5.41) is 16.2. The number of hydrogen-bond donors (Lipinski definition) is 1. The summed E-state index contributed by atoms with van der Waals surface area (Å²) >= 11 is 5.94. The highest BCUT2D eigenvalue weighted by Gasteiger charge is 2.16. The molecule has 2 aromatic heterocycles. The number of carbonyl (C=O) groups is 1. The maximum atomic E-state index is 12.4. The molecule has 0 radical (unpaired) electrons. The minimum atomic E-state index is -0.694. The monoisotopic (exact) mass is 407 g/mol. The molecule has 0 fully saturated rings. The molecule has 0 aliphatic heterocycles. The summed E-state index contributed by atoms with van der Waals surface area (Å²) < 4.78 is 7.27. The normalized spacial score (nSPS) is 11.9. The lowest BCUT2D eigenvalue weighted by atomic mass is 10.1. The Morgan fingerprint density at radius 3 is 2.72 bits per heavy atom. The predicted octanol–water partition coefficient (Wildman–Crippen LogP) is 3.53. The van der Waals surface area contributed by atoms with E-state index in [-0.39, 0.29) is 12.5 Å². The molecule has 0 spiro atoms. The fourth-order valence-electron chi connectivity index (χ4n) is 2.81. The number of hydrogen-bond acceptors (Lipinski definition) is 5. The van der Waals surface area contributed by atoms with Crippen molar-refractivity contribution in [1.29, 1.82) is 0 Å². The summed E-state index contributed by atoms with van der Waals surface area (Å²) in [6.45, 7) is 1.85. The van der Waals surface area contributed by atoms with Gasteiger partial charge in [-0.05, 0) is 37.3 Å². The third-order valence-electron chi connectivity index (χ3n) is 4.30. The summed E-state index contributed by atoms with van der Waals surface area (Å²) in [6.07, 6.45) is -0.694. The van der Waals surface area contributed by atoms with E-state index in [1.54, 1.807) is 35.7 Å². The molecule has 2 aromatic carbocycles. The maximum Gasteiger partial charge on any atom is 0.261 e. The third-order valence-corrected chi connectivity index (χ3v) is 4.53. The van der Waals surface area contributed by atoms with Crippen LogP contribution in [-0.4, -0.2) is 31.8 Å². The van der Waals surface area contributed by atoms with Gasteiger partial charge in [0.25, 0.3) is 5.91 Å². The van der Waals surface area contributed by atoms with E-state index < -0.39 is 6.10 Å². The Labute approximate surface area is 172 Å². The van der Waals surface area contributed by atoms with Gasteiger partial charge in [-0.2, -0.15) is 9.61 Å². The minimum absolute atomic E-state index is 0.175. The molecule has 1 unspecified atom stereocenters. The standard InChI is InChI=1S/C21H18ClN5O2/c1-14(29-17-9-5-8-16(22)12-17)21(28)23-13-20-25-24-19-11-10-18(26-27(19)20)15-6-3-2-4-7-15/h2-12,14H,13H2,1H3,(H,23,28). The van der Waals surface area contributed by atoms with Crippen molar-refractivity contribution in [3.63, 3.8) is 0 Å². The molecular weight excluding hydrogens is 390 g/mol. The molecule has 146 valence electrons. The van der Waals surface area contributed by atoms with Crippen LogP contribution < -0.4 is 10.1 Å². The molecule has 29 heavy (non-hydrogen) atoms. The van der Waals surface area contributed by atoms with Gasteiger partial charge >= 0.3 is 0 Å². The van der Waals surface area contributed by atoms with E-state index in [1.807, 2.05) is 42.5 Å². The SMILES string of the molecule is CC(Oc1cccc(Cl)c1)C(=O)NCc1nnc2ccc(-c3ccccc3)nn12. The zero-order chi connectivity index (χ0) is 20.2. The van der Waals surface area contributed by atoms with Crippen LogP contribution in [0.2, 0.25) is 5.02 Å². The zero-order valence-electron chi connectivity index (χ0n) is 15.6. The molecule has 8 heteroatoms. The minimum Gasteiger partial charge on any atom is -0.481 e. The van der Waals surface area contributed by atoms with E-state index in [0.717, 1.165) is 11.3 Å². The number of benzene rings is 2. The van der Waals surface area contributed by atoms with Gasteiger partial charge in [0, 0.05) is 10.6 Å². The fourth-order valence-corrected chi connectivity index (χ4v) is 2.99. The van der Waals surface area contributed by atoms with Crippen molar-refractivity contribution >= 4 is 23.2 Å². The second kappa shape index (κ2) is 8.28. The number of fused-ring (bicyclic) bond motifs is 1. The van der Waals surface area contributed by atoms with Gasteiger partial charge in [-0.3, -0.25) is 4.79 Å². The molecular formula is C21H18ClN5O2. The van der Waals surface area contributed by atoms with E-state index in [9.17, 15) is 4.79 Å². The summed E-state index contributed by atoms with van der Waals surface area (Å²) in [4.78, 5) is 12.4. The fraction of sp³-hybridized carbons (Fsp3) is 0.143. The highest BCUT2D eigenvalue weighted by atomic mass is 35.5. The van der Waals surface area contributed by atoms with Crippen molar-refractivity contribution in [2.75, 3.05) is 0 Å². The van der Waals surface area contributed by atoms with Crippen molar-refractivity contribution < 1.29 is 9.53 Å². The molecule has 0 saturated heterocycles. The molecule has 7 nitrogen and oxygen atoms in total. The van der Waals surface area contributed by atoms with E-state index in [2.05, 4.69) is 20.6 Å². The van der Waals surface area contributed by atoms with Gasteiger partial charge in [0.1, 0.15) is 5.75 Å².